The van der Waals surface area contributed by atoms with Crippen molar-refractivity contribution in [1.29, 1.82) is 0 Å². The van der Waals surface area contributed by atoms with Gasteiger partial charge in [-0.2, -0.15) is 0 Å². The Hall–Kier alpha value is -1.64. The van der Waals surface area contributed by atoms with Crippen LogP contribution in [-0.4, -0.2) is 7.11 Å². The molecule has 0 aliphatic heterocycles. The summed E-state index contributed by atoms with van der Waals surface area (Å²) in [5.41, 5.74) is 1.04. The normalized spacial score (nSPS) is 28.8. The minimum Gasteiger partial charge on any atom is -0.494 e. The van der Waals surface area contributed by atoms with E-state index >= 15 is 0 Å². The third-order valence-electron chi connectivity index (χ3n) is 6.98. The zero-order valence-corrected chi connectivity index (χ0v) is 15.7. The highest BCUT2D eigenvalue weighted by molar-refractivity contribution is 5.86. The number of ether oxygens (including phenoxy) is 1. The quantitative estimate of drug-likeness (QED) is 0.584. The minimum atomic E-state index is -0.601. The Labute approximate surface area is 154 Å². The van der Waals surface area contributed by atoms with Gasteiger partial charge >= 0.3 is 0 Å². The van der Waals surface area contributed by atoms with Crippen molar-refractivity contribution >= 4 is 10.8 Å². The van der Waals surface area contributed by atoms with E-state index in [1.165, 1.54) is 39.2 Å². The highest BCUT2D eigenvalue weighted by Crippen LogP contribution is 2.48. The van der Waals surface area contributed by atoms with Gasteiger partial charge < -0.3 is 4.74 Å². The van der Waals surface area contributed by atoms with E-state index in [1.54, 1.807) is 18.2 Å². The smallest absolute Gasteiger partial charge is 0.175 e. The summed E-state index contributed by atoms with van der Waals surface area (Å²) in [7, 11) is 1.40. The highest BCUT2D eigenvalue weighted by atomic mass is 19.1. The molecule has 2 aliphatic carbocycles. The van der Waals surface area contributed by atoms with Gasteiger partial charge in [-0.1, -0.05) is 31.9 Å². The molecule has 140 valence electrons. The summed E-state index contributed by atoms with van der Waals surface area (Å²) >= 11 is 0. The van der Waals surface area contributed by atoms with Crippen molar-refractivity contribution in [3.05, 3.63) is 41.5 Å². The summed E-state index contributed by atoms with van der Waals surface area (Å²) in [5.74, 6) is 1.97. The molecule has 0 spiro atoms. The average molecular weight is 358 g/mol. The van der Waals surface area contributed by atoms with Crippen molar-refractivity contribution < 1.29 is 13.5 Å². The maximum Gasteiger partial charge on any atom is 0.175 e. The first-order chi connectivity index (χ1) is 12.6. The van der Waals surface area contributed by atoms with E-state index in [0.29, 0.717) is 11.3 Å². The van der Waals surface area contributed by atoms with Gasteiger partial charge in [-0.15, -0.1) is 0 Å². The fraction of sp³-hybridized carbons (Fsp3) is 0.565. The van der Waals surface area contributed by atoms with Crippen LogP contribution in [0.15, 0.2) is 24.3 Å². The molecule has 2 fully saturated rings. The molecule has 4 rings (SSSR count). The van der Waals surface area contributed by atoms with E-state index in [2.05, 4.69) is 6.92 Å². The van der Waals surface area contributed by atoms with Gasteiger partial charge in [0.05, 0.1) is 12.5 Å². The van der Waals surface area contributed by atoms with E-state index in [-0.39, 0.29) is 11.1 Å². The number of hydrogen-bond acceptors (Lipinski definition) is 1. The second-order valence-corrected chi connectivity index (χ2v) is 8.30. The molecule has 4 atom stereocenters. The van der Waals surface area contributed by atoms with Crippen molar-refractivity contribution in [2.75, 3.05) is 7.11 Å². The van der Waals surface area contributed by atoms with Crippen LogP contribution in [0, 0.1) is 29.4 Å². The molecular weight excluding hydrogens is 330 g/mol. The van der Waals surface area contributed by atoms with Crippen LogP contribution in [0.4, 0.5) is 8.78 Å². The number of hydrogen-bond donors (Lipinski definition) is 0. The summed E-state index contributed by atoms with van der Waals surface area (Å²) < 4.78 is 34.1. The van der Waals surface area contributed by atoms with Gasteiger partial charge in [0.25, 0.3) is 0 Å². The largest absolute Gasteiger partial charge is 0.494 e. The van der Waals surface area contributed by atoms with Crippen LogP contribution in [0.3, 0.4) is 0 Å². The molecule has 2 aromatic carbocycles. The fourth-order valence-electron chi connectivity index (χ4n) is 5.43. The monoisotopic (exact) mass is 358 g/mol. The average Bonchev–Trinajstić information content (AvgIpc) is 2.67. The van der Waals surface area contributed by atoms with E-state index in [4.69, 9.17) is 4.74 Å². The molecule has 4 unspecified atom stereocenters. The van der Waals surface area contributed by atoms with E-state index < -0.39 is 11.6 Å². The Balaban J connectivity index is 1.60. The summed E-state index contributed by atoms with van der Waals surface area (Å²) in [4.78, 5) is 0. The second-order valence-electron chi connectivity index (χ2n) is 8.30. The van der Waals surface area contributed by atoms with Gasteiger partial charge in [-0.05, 0) is 78.9 Å². The standard InChI is InChI=1S/C23H28F2O/c1-3-14-4-5-16-11-17(7-6-15(16)10-14)19-12-18-8-9-21(26-2)23(25)22(18)20(24)13-19/h8-9,12-17H,3-7,10-11H2,1-2H3. The molecule has 26 heavy (non-hydrogen) atoms. The van der Waals surface area contributed by atoms with Crippen LogP contribution in [0.5, 0.6) is 5.75 Å². The van der Waals surface area contributed by atoms with Gasteiger partial charge in [0.1, 0.15) is 5.82 Å². The zero-order valence-electron chi connectivity index (χ0n) is 15.7. The van der Waals surface area contributed by atoms with Crippen LogP contribution >= 0.6 is 0 Å². The topological polar surface area (TPSA) is 9.23 Å². The lowest BCUT2D eigenvalue weighted by atomic mass is 9.63. The fourth-order valence-corrected chi connectivity index (χ4v) is 5.43. The van der Waals surface area contributed by atoms with Crippen molar-refractivity contribution in [1.82, 2.24) is 0 Å². The van der Waals surface area contributed by atoms with Crippen LogP contribution in [0.1, 0.15) is 63.4 Å². The van der Waals surface area contributed by atoms with Gasteiger partial charge in [0.15, 0.2) is 11.6 Å². The summed E-state index contributed by atoms with van der Waals surface area (Å²) in [6.45, 7) is 2.31. The molecule has 0 amide bonds. The first kappa shape index (κ1) is 17.8. The predicted molar refractivity (Wildman–Crippen MR) is 102 cm³/mol. The van der Waals surface area contributed by atoms with Gasteiger partial charge in [-0.25, -0.2) is 8.78 Å². The number of fused-ring (bicyclic) bond motifs is 2. The molecule has 0 bridgehead atoms. The minimum absolute atomic E-state index is 0.0465. The van der Waals surface area contributed by atoms with Crippen LogP contribution in [-0.2, 0) is 0 Å². The van der Waals surface area contributed by atoms with Crippen LogP contribution in [0.2, 0.25) is 0 Å². The second kappa shape index (κ2) is 7.17. The lowest BCUT2D eigenvalue weighted by molar-refractivity contribution is 0.116. The molecule has 3 heteroatoms. The van der Waals surface area contributed by atoms with Crippen LogP contribution < -0.4 is 4.74 Å². The number of rotatable bonds is 3. The molecule has 0 radical (unpaired) electrons. The third kappa shape index (κ3) is 3.10. The maximum atomic E-state index is 14.7. The molecule has 2 aromatic rings. The van der Waals surface area contributed by atoms with Crippen molar-refractivity contribution in [3.8, 4) is 5.75 Å². The Morgan fingerprint density at radius 3 is 2.54 bits per heavy atom. The summed E-state index contributed by atoms with van der Waals surface area (Å²) in [5, 5.41) is 0.681. The number of halogens is 2. The Bertz CT molecular complexity index is 800. The van der Waals surface area contributed by atoms with E-state index in [1.807, 2.05) is 6.07 Å². The van der Waals surface area contributed by atoms with Gasteiger partial charge in [0.2, 0.25) is 0 Å². The molecule has 0 aromatic heterocycles. The van der Waals surface area contributed by atoms with E-state index in [9.17, 15) is 8.78 Å². The Morgan fingerprint density at radius 1 is 1.00 bits per heavy atom. The van der Waals surface area contributed by atoms with Crippen LogP contribution in [0.25, 0.3) is 10.8 Å². The first-order valence-electron chi connectivity index (χ1n) is 10.1. The molecule has 1 nitrogen and oxygen atoms in total. The van der Waals surface area contributed by atoms with Gasteiger partial charge in [0, 0.05) is 0 Å². The van der Waals surface area contributed by atoms with Crippen molar-refractivity contribution in [2.24, 2.45) is 17.8 Å². The SMILES string of the molecule is CCC1CCC2CC(c3cc(F)c4c(F)c(OC)ccc4c3)CCC2C1. The molecule has 0 saturated heterocycles. The Kier molecular flexibility index (Phi) is 4.90. The van der Waals surface area contributed by atoms with Crippen molar-refractivity contribution in [3.63, 3.8) is 0 Å². The number of benzene rings is 2. The van der Waals surface area contributed by atoms with E-state index in [0.717, 1.165) is 36.2 Å². The third-order valence-corrected chi connectivity index (χ3v) is 6.98. The molecule has 0 N–H and O–H groups in total. The lowest BCUT2D eigenvalue weighted by Gasteiger charge is -2.42. The van der Waals surface area contributed by atoms with Gasteiger partial charge in [-0.3, -0.25) is 0 Å². The maximum absolute atomic E-state index is 14.7. The molecular formula is C23H28F2O. The first-order valence-corrected chi connectivity index (χ1v) is 10.1. The zero-order chi connectivity index (χ0) is 18.3. The molecule has 2 aliphatic rings. The predicted octanol–water partition coefficient (Wildman–Crippen LogP) is 6.84. The highest BCUT2D eigenvalue weighted by Gasteiger charge is 2.35. The summed E-state index contributed by atoms with van der Waals surface area (Å²) in [6, 6.07) is 6.91. The van der Waals surface area contributed by atoms with Crippen molar-refractivity contribution in [2.45, 2.75) is 57.8 Å². The molecule has 0 heterocycles. The number of methoxy groups -OCH3 is 1. The molecule has 2 saturated carbocycles. The Morgan fingerprint density at radius 2 is 1.77 bits per heavy atom. The summed E-state index contributed by atoms with van der Waals surface area (Å²) in [6.07, 6.45) is 8.89. The lowest BCUT2D eigenvalue weighted by Crippen LogP contribution is -2.30.